The molecule has 2 heterocycles. The number of aromatic nitrogens is 2. The van der Waals surface area contributed by atoms with Crippen LogP contribution in [0.4, 0.5) is 17.6 Å². The lowest BCUT2D eigenvalue weighted by atomic mass is 10.0. The maximum absolute atomic E-state index is 14.7. The molecule has 8 heteroatoms. The van der Waals surface area contributed by atoms with E-state index in [9.17, 15) is 17.6 Å². The van der Waals surface area contributed by atoms with E-state index < -0.39 is 23.3 Å². The summed E-state index contributed by atoms with van der Waals surface area (Å²) in [4.78, 5) is 8.75. The summed E-state index contributed by atoms with van der Waals surface area (Å²) in [6.07, 6.45) is 35.4. The Morgan fingerprint density at radius 2 is 0.667 bits per heavy atom. The highest BCUT2D eigenvalue weighted by molar-refractivity contribution is 5.62. The molecule has 0 radical (unpaired) electrons. The minimum absolute atomic E-state index is 0.0167. The Balaban J connectivity index is 0.000000335. The Kier molecular flexibility index (Phi) is 28.4. The van der Waals surface area contributed by atoms with E-state index in [1.54, 1.807) is 36.7 Å². The summed E-state index contributed by atoms with van der Waals surface area (Å²) >= 11 is 0. The van der Waals surface area contributed by atoms with Gasteiger partial charge in [-0.1, -0.05) is 175 Å². The van der Waals surface area contributed by atoms with Crippen molar-refractivity contribution in [3.05, 3.63) is 95.3 Å². The van der Waals surface area contributed by atoms with Crippen LogP contribution in [0.2, 0.25) is 0 Å². The highest BCUT2D eigenvalue weighted by Gasteiger charge is 2.18. The number of hydrogen-bond acceptors (Lipinski definition) is 4. The summed E-state index contributed by atoms with van der Waals surface area (Å²) < 4.78 is 69.2. The molecule has 4 aromatic rings. The topological polar surface area (TPSA) is 44.2 Å². The second kappa shape index (κ2) is 33.6. The minimum Gasteiger partial charge on any atom is -0.490 e. The van der Waals surface area contributed by atoms with Crippen LogP contribution in [0.3, 0.4) is 0 Å². The Morgan fingerprint density at radius 3 is 0.984 bits per heavy atom. The molecule has 350 valence electrons. The van der Waals surface area contributed by atoms with E-state index in [0.29, 0.717) is 24.6 Å². The third-order valence-electron chi connectivity index (χ3n) is 11.7. The molecule has 0 aliphatic heterocycles. The summed E-state index contributed by atoms with van der Waals surface area (Å²) in [6.45, 7) is 9.65. The first-order chi connectivity index (χ1) is 30.8. The zero-order chi connectivity index (χ0) is 45.3. The van der Waals surface area contributed by atoms with Crippen molar-refractivity contribution in [2.75, 3.05) is 13.2 Å². The fraction of sp³-hybridized carbons (Fsp3) is 0.600. The van der Waals surface area contributed by atoms with Crippen LogP contribution in [-0.4, -0.2) is 23.2 Å². The molecule has 0 aliphatic rings. The van der Waals surface area contributed by atoms with E-state index in [4.69, 9.17) is 9.47 Å². The van der Waals surface area contributed by atoms with Gasteiger partial charge in [-0.05, 0) is 86.1 Å². The first kappa shape index (κ1) is 53.4. The fourth-order valence-electron chi connectivity index (χ4n) is 7.67. The summed E-state index contributed by atoms with van der Waals surface area (Å²) in [5.74, 6) is -3.67. The van der Waals surface area contributed by atoms with Crippen molar-refractivity contribution in [2.24, 2.45) is 0 Å². The van der Waals surface area contributed by atoms with Crippen LogP contribution >= 0.6 is 0 Å². The van der Waals surface area contributed by atoms with Gasteiger partial charge in [0.1, 0.15) is 0 Å². The van der Waals surface area contributed by atoms with Crippen molar-refractivity contribution in [2.45, 2.75) is 201 Å². The fourth-order valence-corrected chi connectivity index (χ4v) is 7.67. The van der Waals surface area contributed by atoms with E-state index in [1.165, 1.54) is 128 Å². The maximum atomic E-state index is 14.7. The molecular weight excluding hydrogens is 797 g/mol. The van der Waals surface area contributed by atoms with Gasteiger partial charge < -0.3 is 9.47 Å². The summed E-state index contributed by atoms with van der Waals surface area (Å²) in [6, 6.07) is 13.6. The van der Waals surface area contributed by atoms with Crippen molar-refractivity contribution in [3.8, 4) is 34.0 Å². The zero-order valence-corrected chi connectivity index (χ0v) is 39.5. The first-order valence-corrected chi connectivity index (χ1v) is 25.0. The maximum Gasteiger partial charge on any atom is 0.201 e. The van der Waals surface area contributed by atoms with Crippen LogP contribution in [-0.2, 0) is 12.8 Å². The van der Waals surface area contributed by atoms with Crippen LogP contribution in [0.15, 0.2) is 60.9 Å². The lowest BCUT2D eigenvalue weighted by molar-refractivity contribution is 0.285. The van der Waals surface area contributed by atoms with Gasteiger partial charge in [-0.15, -0.1) is 0 Å². The van der Waals surface area contributed by atoms with Gasteiger partial charge in [0.05, 0.1) is 24.6 Å². The van der Waals surface area contributed by atoms with Crippen LogP contribution < -0.4 is 9.47 Å². The number of benzene rings is 2. The molecular formula is C55H80F4N2O2. The van der Waals surface area contributed by atoms with Crippen LogP contribution in [0.25, 0.3) is 22.5 Å². The molecule has 2 aromatic carbocycles. The number of pyridine rings is 2. The Labute approximate surface area is 379 Å². The molecule has 0 bridgehead atoms. The SMILES string of the molecule is CCCCCCCCCOc1ccc(-c2ccc(CCCCCCCC)cn2)c(F)c1F.CCCCCCCCOc1ccc(-c2ccc(CCCCCCCC)cn2)c(F)c1F. The molecule has 2 aromatic heterocycles. The Hall–Kier alpha value is -3.94. The number of halogens is 4. The number of ether oxygens (including phenoxy) is 2. The average molecular weight is 877 g/mol. The van der Waals surface area contributed by atoms with Gasteiger partial charge in [-0.25, -0.2) is 8.78 Å². The lowest BCUT2D eigenvalue weighted by Crippen LogP contribution is -2.02. The molecule has 0 saturated carbocycles. The number of hydrogen-bond donors (Lipinski definition) is 0. The Bertz CT molecular complexity index is 1770. The molecule has 0 atom stereocenters. The summed E-state index contributed by atoms with van der Waals surface area (Å²) in [5.41, 5.74) is 3.53. The van der Waals surface area contributed by atoms with E-state index >= 15 is 0 Å². The molecule has 0 aliphatic carbocycles. The van der Waals surface area contributed by atoms with E-state index in [0.717, 1.165) is 68.9 Å². The van der Waals surface area contributed by atoms with Crippen molar-refractivity contribution >= 4 is 0 Å². The predicted octanol–water partition coefficient (Wildman–Crippen LogP) is 17.7. The summed E-state index contributed by atoms with van der Waals surface area (Å²) in [5, 5.41) is 0. The third-order valence-corrected chi connectivity index (χ3v) is 11.7. The highest BCUT2D eigenvalue weighted by atomic mass is 19.2. The monoisotopic (exact) mass is 877 g/mol. The van der Waals surface area contributed by atoms with E-state index in [1.807, 2.05) is 12.1 Å². The third kappa shape index (κ3) is 21.1. The number of unbranched alkanes of at least 4 members (excludes halogenated alkanes) is 21. The van der Waals surface area contributed by atoms with Crippen LogP contribution in [0, 0.1) is 23.3 Å². The molecule has 4 nitrogen and oxygen atoms in total. The van der Waals surface area contributed by atoms with Crippen molar-refractivity contribution in [1.82, 2.24) is 9.97 Å². The van der Waals surface area contributed by atoms with Gasteiger partial charge in [0.25, 0.3) is 0 Å². The summed E-state index contributed by atoms with van der Waals surface area (Å²) in [7, 11) is 0. The zero-order valence-electron chi connectivity index (χ0n) is 39.5. The second-order valence-electron chi connectivity index (χ2n) is 17.2. The Morgan fingerprint density at radius 1 is 0.349 bits per heavy atom. The first-order valence-electron chi connectivity index (χ1n) is 25.0. The predicted molar refractivity (Wildman–Crippen MR) is 256 cm³/mol. The van der Waals surface area contributed by atoms with Gasteiger partial charge in [0.2, 0.25) is 11.6 Å². The minimum atomic E-state index is -0.929. The molecule has 0 unspecified atom stereocenters. The van der Waals surface area contributed by atoms with Crippen LogP contribution in [0.1, 0.15) is 199 Å². The van der Waals surface area contributed by atoms with Crippen LogP contribution in [0.5, 0.6) is 11.5 Å². The van der Waals surface area contributed by atoms with Gasteiger partial charge in [-0.2, -0.15) is 8.78 Å². The van der Waals surface area contributed by atoms with Crippen molar-refractivity contribution < 1.29 is 27.0 Å². The van der Waals surface area contributed by atoms with E-state index in [2.05, 4.69) is 37.7 Å². The molecule has 0 saturated heterocycles. The average Bonchev–Trinajstić information content (AvgIpc) is 3.30. The molecule has 0 spiro atoms. The molecule has 0 fully saturated rings. The van der Waals surface area contributed by atoms with E-state index in [-0.39, 0.29) is 22.6 Å². The smallest absolute Gasteiger partial charge is 0.201 e. The molecule has 0 amide bonds. The van der Waals surface area contributed by atoms with Gasteiger partial charge in [-0.3, -0.25) is 9.97 Å². The molecule has 0 N–H and O–H groups in total. The quantitative estimate of drug-likeness (QED) is 0.0353. The van der Waals surface area contributed by atoms with Gasteiger partial charge >= 0.3 is 0 Å². The van der Waals surface area contributed by atoms with Gasteiger partial charge in [0.15, 0.2) is 23.1 Å². The number of rotatable bonds is 33. The van der Waals surface area contributed by atoms with Crippen molar-refractivity contribution in [3.63, 3.8) is 0 Å². The van der Waals surface area contributed by atoms with Gasteiger partial charge in [0, 0.05) is 23.5 Å². The number of nitrogens with zero attached hydrogens (tertiary/aromatic N) is 2. The molecule has 4 rings (SSSR count). The van der Waals surface area contributed by atoms with Crippen molar-refractivity contribution in [1.29, 1.82) is 0 Å². The standard InChI is InChI=1S/C28H41F2NO.C27H39F2NO/c1-3-5-7-9-11-13-15-21-32-26-20-18-24(27(29)28(26)30)25-19-17-23(22-31-25)16-14-12-10-8-6-4-2;1-3-5-7-9-11-13-15-22-16-18-24(30-21-22)23-17-19-25(27(29)26(23)28)31-20-14-12-10-8-6-4-2/h17-20,22H,3-16,21H2,1-2H3;16-19,21H,3-15,20H2,1-2H3. The normalized spacial score (nSPS) is 11.1. The second-order valence-corrected chi connectivity index (χ2v) is 17.2. The largest absolute Gasteiger partial charge is 0.490 e. The molecule has 63 heavy (non-hydrogen) atoms. The highest BCUT2D eigenvalue weighted by Crippen LogP contribution is 2.31. The number of aryl methyl sites for hydroxylation is 2. The lowest BCUT2D eigenvalue weighted by Gasteiger charge is -2.10.